The molecule has 0 aliphatic rings. The Morgan fingerprint density at radius 1 is 1.50 bits per heavy atom. The van der Waals surface area contributed by atoms with Crippen LogP contribution in [0.2, 0.25) is 0 Å². The number of thiocyanates is 1. The number of aromatic nitrogens is 2. The smallest absolute Gasteiger partial charge is 0.343 e. The zero-order chi connectivity index (χ0) is 14.5. The van der Waals surface area contributed by atoms with Crippen LogP contribution >= 0.6 is 11.8 Å². The lowest BCUT2D eigenvalue weighted by Gasteiger charge is -2.05. The molecule has 0 unspecified atom stereocenters. The van der Waals surface area contributed by atoms with E-state index in [1.54, 1.807) is 31.2 Å². The summed E-state index contributed by atoms with van der Waals surface area (Å²) in [6.07, 6.45) is 1.38. The maximum absolute atomic E-state index is 11.7. The molecule has 0 spiro atoms. The number of nitrogens with two attached hydrogens (primary N) is 1. The third-order valence-corrected chi connectivity index (χ3v) is 3.15. The molecular formula is C13H12N4O2S. The molecule has 0 amide bonds. The molecule has 20 heavy (non-hydrogen) atoms. The van der Waals surface area contributed by atoms with E-state index in [0.717, 1.165) is 16.7 Å². The van der Waals surface area contributed by atoms with Gasteiger partial charge < -0.3 is 10.5 Å². The van der Waals surface area contributed by atoms with Gasteiger partial charge in [-0.2, -0.15) is 10.4 Å². The molecule has 1 heterocycles. The van der Waals surface area contributed by atoms with E-state index in [1.807, 2.05) is 5.40 Å². The van der Waals surface area contributed by atoms with E-state index in [2.05, 4.69) is 5.10 Å². The highest BCUT2D eigenvalue weighted by Crippen LogP contribution is 2.21. The summed E-state index contributed by atoms with van der Waals surface area (Å²) in [6.45, 7) is 2.01. The number of benzene rings is 1. The van der Waals surface area contributed by atoms with Crippen LogP contribution in [0.3, 0.4) is 0 Å². The van der Waals surface area contributed by atoms with E-state index < -0.39 is 5.97 Å². The first-order valence-corrected chi connectivity index (χ1v) is 6.66. The summed E-state index contributed by atoms with van der Waals surface area (Å²) in [4.78, 5) is 12.5. The van der Waals surface area contributed by atoms with Gasteiger partial charge in [0.2, 0.25) is 0 Å². The summed E-state index contributed by atoms with van der Waals surface area (Å²) in [5.74, 6) is -0.267. The molecule has 1 aromatic heterocycles. The number of carbonyl (C=O) groups excluding carboxylic acids is 1. The van der Waals surface area contributed by atoms with Crippen molar-refractivity contribution in [2.24, 2.45) is 0 Å². The first kappa shape index (κ1) is 14.0. The molecule has 0 saturated carbocycles. The molecule has 0 radical (unpaired) electrons. The monoisotopic (exact) mass is 288 g/mol. The minimum Gasteiger partial charge on any atom is -0.462 e. The number of nitrogens with zero attached hydrogens (tertiary/aromatic N) is 3. The van der Waals surface area contributed by atoms with Gasteiger partial charge in [-0.1, -0.05) is 0 Å². The molecule has 7 heteroatoms. The van der Waals surface area contributed by atoms with Crippen molar-refractivity contribution >= 4 is 23.5 Å². The lowest BCUT2D eigenvalue weighted by Crippen LogP contribution is -2.08. The molecular weight excluding hydrogens is 276 g/mol. The van der Waals surface area contributed by atoms with Crippen molar-refractivity contribution in [1.82, 2.24) is 9.78 Å². The molecule has 1 aromatic carbocycles. The third-order valence-electron chi connectivity index (χ3n) is 2.55. The number of hydrogen-bond acceptors (Lipinski definition) is 6. The highest BCUT2D eigenvalue weighted by molar-refractivity contribution is 8.03. The second-order valence-corrected chi connectivity index (χ2v) is 4.62. The Morgan fingerprint density at radius 2 is 2.20 bits per heavy atom. The lowest BCUT2D eigenvalue weighted by atomic mass is 10.3. The average molecular weight is 288 g/mol. The van der Waals surface area contributed by atoms with Crippen LogP contribution in [0.4, 0.5) is 5.82 Å². The van der Waals surface area contributed by atoms with E-state index in [4.69, 9.17) is 15.7 Å². The third kappa shape index (κ3) is 2.75. The number of esters is 1. The summed E-state index contributed by atoms with van der Waals surface area (Å²) < 4.78 is 6.35. The van der Waals surface area contributed by atoms with E-state index in [0.29, 0.717) is 5.69 Å². The van der Waals surface area contributed by atoms with Gasteiger partial charge in [-0.05, 0) is 43.0 Å². The van der Waals surface area contributed by atoms with Crippen LogP contribution in [0, 0.1) is 10.7 Å². The second kappa shape index (κ2) is 6.12. The lowest BCUT2D eigenvalue weighted by molar-refractivity contribution is 0.0527. The van der Waals surface area contributed by atoms with Crippen LogP contribution in [-0.4, -0.2) is 22.4 Å². The van der Waals surface area contributed by atoms with Crippen molar-refractivity contribution < 1.29 is 9.53 Å². The van der Waals surface area contributed by atoms with E-state index >= 15 is 0 Å². The van der Waals surface area contributed by atoms with E-state index in [-0.39, 0.29) is 18.0 Å². The number of rotatable bonds is 4. The van der Waals surface area contributed by atoms with Gasteiger partial charge in [-0.25, -0.2) is 9.48 Å². The minimum absolute atomic E-state index is 0.226. The van der Waals surface area contributed by atoms with Crippen molar-refractivity contribution in [1.29, 1.82) is 5.26 Å². The Labute approximate surface area is 120 Å². The summed E-state index contributed by atoms with van der Waals surface area (Å²) in [5.41, 5.74) is 6.85. The maximum Gasteiger partial charge on any atom is 0.343 e. The van der Waals surface area contributed by atoms with Crippen molar-refractivity contribution in [3.8, 4) is 11.1 Å². The molecule has 2 N–H and O–H groups in total. The molecule has 2 rings (SSSR count). The van der Waals surface area contributed by atoms with Crippen LogP contribution in [0.25, 0.3) is 5.69 Å². The van der Waals surface area contributed by atoms with Gasteiger partial charge in [0, 0.05) is 4.90 Å². The highest BCUT2D eigenvalue weighted by atomic mass is 32.2. The quantitative estimate of drug-likeness (QED) is 0.526. The standard InChI is InChI=1S/C13H12N4O2S/c1-2-19-13(18)11-7-16-17(12(11)15)9-3-5-10(6-4-9)20-8-14/h3-7H,2,15H2,1H3. The van der Waals surface area contributed by atoms with Crippen molar-refractivity contribution in [2.75, 3.05) is 12.3 Å². The fraction of sp³-hybridized carbons (Fsp3) is 0.154. The Balaban J connectivity index is 2.30. The molecule has 0 aliphatic carbocycles. The largest absolute Gasteiger partial charge is 0.462 e. The van der Waals surface area contributed by atoms with Crippen LogP contribution in [0.5, 0.6) is 0 Å². The summed E-state index contributed by atoms with van der Waals surface area (Å²) in [7, 11) is 0. The van der Waals surface area contributed by atoms with Crippen LogP contribution in [0.15, 0.2) is 35.4 Å². The second-order valence-electron chi connectivity index (χ2n) is 3.76. The molecule has 6 nitrogen and oxygen atoms in total. The van der Waals surface area contributed by atoms with E-state index in [9.17, 15) is 4.79 Å². The van der Waals surface area contributed by atoms with Gasteiger partial charge in [0.05, 0.1) is 18.5 Å². The van der Waals surface area contributed by atoms with Gasteiger partial charge in [-0.3, -0.25) is 0 Å². The van der Waals surface area contributed by atoms with Crippen LogP contribution in [-0.2, 0) is 4.74 Å². The summed E-state index contributed by atoms with van der Waals surface area (Å²) in [6, 6.07) is 7.12. The topological polar surface area (TPSA) is 93.9 Å². The fourth-order valence-electron chi connectivity index (χ4n) is 1.64. The zero-order valence-electron chi connectivity index (χ0n) is 10.7. The van der Waals surface area contributed by atoms with Crippen molar-refractivity contribution in [2.45, 2.75) is 11.8 Å². The molecule has 2 aromatic rings. The van der Waals surface area contributed by atoms with Crippen molar-refractivity contribution in [3.63, 3.8) is 0 Å². The summed E-state index contributed by atoms with van der Waals surface area (Å²) >= 11 is 1.07. The van der Waals surface area contributed by atoms with Gasteiger partial charge in [0.1, 0.15) is 16.8 Å². The molecule has 0 saturated heterocycles. The first-order valence-electron chi connectivity index (χ1n) is 5.84. The number of anilines is 1. The number of nitrogen functional groups attached to an aromatic ring is 1. The Hall–Kier alpha value is -2.46. The van der Waals surface area contributed by atoms with E-state index in [1.165, 1.54) is 10.9 Å². The Bertz CT molecular complexity index is 658. The minimum atomic E-state index is -0.493. The predicted molar refractivity (Wildman–Crippen MR) is 75.4 cm³/mol. The van der Waals surface area contributed by atoms with Gasteiger partial charge >= 0.3 is 5.97 Å². The van der Waals surface area contributed by atoms with Gasteiger partial charge in [0.15, 0.2) is 0 Å². The Morgan fingerprint density at radius 3 is 2.80 bits per heavy atom. The normalized spacial score (nSPS) is 10.0. The molecule has 0 bridgehead atoms. The van der Waals surface area contributed by atoms with Gasteiger partial charge in [-0.15, -0.1) is 0 Å². The van der Waals surface area contributed by atoms with Crippen LogP contribution in [0.1, 0.15) is 17.3 Å². The number of hydrogen-bond donors (Lipinski definition) is 1. The molecule has 0 fully saturated rings. The van der Waals surface area contributed by atoms with Gasteiger partial charge in [0.25, 0.3) is 0 Å². The summed E-state index contributed by atoms with van der Waals surface area (Å²) in [5, 5.41) is 14.7. The Kier molecular flexibility index (Phi) is 4.27. The van der Waals surface area contributed by atoms with Crippen molar-refractivity contribution in [3.05, 3.63) is 36.0 Å². The molecule has 102 valence electrons. The maximum atomic E-state index is 11.7. The number of nitriles is 1. The number of ether oxygens (including phenoxy) is 1. The predicted octanol–water partition coefficient (Wildman–Crippen LogP) is 2.20. The SMILES string of the molecule is CCOC(=O)c1cnn(-c2ccc(SC#N)cc2)c1N. The molecule has 0 aliphatic heterocycles. The average Bonchev–Trinajstić information content (AvgIpc) is 2.82. The highest BCUT2D eigenvalue weighted by Gasteiger charge is 2.16. The number of thioether (sulfide) groups is 1. The van der Waals surface area contributed by atoms with Crippen LogP contribution < -0.4 is 5.73 Å². The fourth-order valence-corrected chi connectivity index (χ4v) is 2.02. The first-order chi connectivity index (χ1) is 9.67. The number of carbonyl (C=O) groups is 1. The zero-order valence-corrected chi connectivity index (χ0v) is 11.6. The molecule has 0 atom stereocenters.